The van der Waals surface area contributed by atoms with Gasteiger partial charge in [-0.25, -0.2) is 5.01 Å². The number of hydrogen-bond acceptors (Lipinski definition) is 2. The zero-order valence-corrected chi connectivity index (χ0v) is 7.36. The third-order valence-electron chi connectivity index (χ3n) is 2.16. The predicted octanol–water partition coefficient (Wildman–Crippen LogP) is 1.55. The molecule has 0 radical (unpaired) electrons. The molecule has 0 atom stereocenters. The summed E-state index contributed by atoms with van der Waals surface area (Å²) in [4.78, 5) is 0. The summed E-state index contributed by atoms with van der Waals surface area (Å²) < 4.78 is 0. The lowest BCUT2D eigenvalue weighted by Crippen LogP contribution is -2.38. The van der Waals surface area contributed by atoms with Crippen molar-refractivity contribution in [1.29, 1.82) is 0 Å². The van der Waals surface area contributed by atoms with Gasteiger partial charge in [-0.15, -0.1) is 12.4 Å². The van der Waals surface area contributed by atoms with Crippen molar-refractivity contribution in [2.75, 3.05) is 6.54 Å². The van der Waals surface area contributed by atoms with Crippen LogP contribution in [0.2, 0.25) is 0 Å². The fraction of sp³-hybridized carbons (Fsp3) is 1.00. The highest BCUT2D eigenvalue weighted by Crippen LogP contribution is 2.20. The van der Waals surface area contributed by atoms with E-state index >= 15 is 0 Å². The third kappa shape index (κ3) is 2.45. The first-order valence-electron chi connectivity index (χ1n) is 3.86. The van der Waals surface area contributed by atoms with Crippen molar-refractivity contribution < 1.29 is 0 Å². The lowest BCUT2D eigenvalue weighted by atomic mass is 10.2. The first-order valence-corrected chi connectivity index (χ1v) is 3.86. The first kappa shape index (κ1) is 10.2. The van der Waals surface area contributed by atoms with E-state index in [0.29, 0.717) is 6.04 Å². The van der Waals surface area contributed by atoms with Gasteiger partial charge in [0.05, 0.1) is 0 Å². The lowest BCUT2D eigenvalue weighted by Gasteiger charge is -2.20. The van der Waals surface area contributed by atoms with Gasteiger partial charge in [0.2, 0.25) is 0 Å². The number of nitrogens with two attached hydrogens (primary N) is 1. The molecule has 0 heterocycles. The smallest absolute Gasteiger partial charge is 0.0241 e. The zero-order valence-electron chi connectivity index (χ0n) is 6.55. The molecule has 0 bridgehead atoms. The Balaban J connectivity index is 0.000000810. The molecule has 3 heteroatoms. The molecule has 0 unspecified atom stereocenters. The Kier molecular flexibility index (Phi) is 5.04. The summed E-state index contributed by atoms with van der Waals surface area (Å²) in [5.41, 5.74) is 0. The molecule has 0 saturated heterocycles. The molecule has 2 N–H and O–H groups in total. The molecule has 0 amide bonds. The molecule has 2 nitrogen and oxygen atoms in total. The monoisotopic (exact) mass is 164 g/mol. The molecule has 1 rings (SSSR count). The molecule has 10 heavy (non-hydrogen) atoms. The van der Waals surface area contributed by atoms with Crippen LogP contribution in [0.4, 0.5) is 0 Å². The molecule has 1 saturated carbocycles. The maximum Gasteiger partial charge on any atom is 0.0241 e. The predicted molar refractivity (Wildman–Crippen MR) is 46.1 cm³/mol. The number of nitrogens with zero attached hydrogens (tertiary/aromatic N) is 1. The number of halogens is 1. The summed E-state index contributed by atoms with van der Waals surface area (Å²) in [5.74, 6) is 5.71. The van der Waals surface area contributed by atoms with Crippen LogP contribution in [-0.2, 0) is 0 Å². The molecule has 0 aromatic rings. The van der Waals surface area contributed by atoms with Crippen molar-refractivity contribution in [3.8, 4) is 0 Å². The van der Waals surface area contributed by atoms with E-state index in [2.05, 4.69) is 6.92 Å². The molecular formula is C7H17ClN2. The largest absolute Gasteiger partial charge is 0.269 e. The number of hydrogen-bond donors (Lipinski definition) is 1. The molecule has 1 aliphatic rings. The van der Waals surface area contributed by atoms with Gasteiger partial charge >= 0.3 is 0 Å². The second-order valence-electron chi connectivity index (χ2n) is 2.77. The quantitative estimate of drug-likeness (QED) is 0.496. The highest BCUT2D eigenvalue weighted by molar-refractivity contribution is 5.85. The van der Waals surface area contributed by atoms with Crippen LogP contribution in [0.25, 0.3) is 0 Å². The second-order valence-corrected chi connectivity index (χ2v) is 2.77. The summed E-state index contributed by atoms with van der Waals surface area (Å²) in [6, 6.07) is 0.690. The lowest BCUT2D eigenvalue weighted by molar-refractivity contribution is 0.214. The summed E-state index contributed by atoms with van der Waals surface area (Å²) in [6.45, 7) is 3.10. The van der Waals surface area contributed by atoms with Gasteiger partial charge in [-0.1, -0.05) is 19.8 Å². The van der Waals surface area contributed by atoms with Crippen molar-refractivity contribution in [2.24, 2.45) is 5.84 Å². The Morgan fingerprint density at radius 2 is 1.90 bits per heavy atom. The van der Waals surface area contributed by atoms with Crippen LogP contribution in [0.1, 0.15) is 32.6 Å². The molecule has 0 aliphatic heterocycles. The second kappa shape index (κ2) is 4.94. The van der Waals surface area contributed by atoms with Crippen molar-refractivity contribution in [3.63, 3.8) is 0 Å². The Hall–Kier alpha value is 0.210. The average Bonchev–Trinajstić information content (AvgIpc) is 2.37. The summed E-state index contributed by atoms with van der Waals surface area (Å²) in [6.07, 6.45) is 5.37. The van der Waals surface area contributed by atoms with Gasteiger partial charge in [0.1, 0.15) is 0 Å². The van der Waals surface area contributed by atoms with Gasteiger partial charge in [-0.2, -0.15) is 0 Å². The minimum Gasteiger partial charge on any atom is -0.269 e. The molecular weight excluding hydrogens is 148 g/mol. The minimum absolute atomic E-state index is 0. The van der Waals surface area contributed by atoms with Crippen LogP contribution in [0.15, 0.2) is 0 Å². The van der Waals surface area contributed by atoms with Crippen molar-refractivity contribution in [1.82, 2.24) is 5.01 Å². The van der Waals surface area contributed by atoms with Crippen LogP contribution in [0.3, 0.4) is 0 Å². The van der Waals surface area contributed by atoms with Crippen molar-refractivity contribution >= 4 is 12.4 Å². The van der Waals surface area contributed by atoms with E-state index in [9.17, 15) is 0 Å². The fourth-order valence-electron chi connectivity index (χ4n) is 1.49. The molecule has 0 spiro atoms. The van der Waals surface area contributed by atoms with Gasteiger partial charge in [-0.3, -0.25) is 5.84 Å². The van der Waals surface area contributed by atoms with E-state index in [1.165, 1.54) is 25.7 Å². The highest BCUT2D eigenvalue weighted by Gasteiger charge is 2.17. The van der Waals surface area contributed by atoms with Crippen LogP contribution >= 0.6 is 12.4 Å². The molecule has 0 aromatic carbocycles. The van der Waals surface area contributed by atoms with Crippen molar-refractivity contribution in [2.45, 2.75) is 38.6 Å². The van der Waals surface area contributed by atoms with Crippen LogP contribution in [0.5, 0.6) is 0 Å². The standard InChI is InChI=1S/C7H16N2.ClH/c1-2-9(8)7-5-3-4-6-7;/h7H,2-6,8H2,1H3;1H. The first-order chi connectivity index (χ1) is 4.34. The number of rotatable bonds is 2. The van der Waals surface area contributed by atoms with E-state index in [4.69, 9.17) is 5.84 Å². The van der Waals surface area contributed by atoms with Crippen LogP contribution < -0.4 is 5.84 Å². The van der Waals surface area contributed by atoms with E-state index in [-0.39, 0.29) is 12.4 Å². The van der Waals surface area contributed by atoms with E-state index in [0.717, 1.165) is 6.54 Å². The molecule has 1 fully saturated rings. The summed E-state index contributed by atoms with van der Waals surface area (Å²) in [7, 11) is 0. The Bertz CT molecular complexity index is 81.7. The zero-order chi connectivity index (χ0) is 6.69. The van der Waals surface area contributed by atoms with Gasteiger partial charge in [0, 0.05) is 12.6 Å². The van der Waals surface area contributed by atoms with E-state index < -0.39 is 0 Å². The Labute approximate surface area is 69.1 Å². The molecule has 62 valence electrons. The van der Waals surface area contributed by atoms with Crippen LogP contribution in [-0.4, -0.2) is 17.6 Å². The van der Waals surface area contributed by atoms with Gasteiger partial charge < -0.3 is 0 Å². The van der Waals surface area contributed by atoms with Crippen LogP contribution in [0, 0.1) is 0 Å². The van der Waals surface area contributed by atoms with Crippen molar-refractivity contribution in [3.05, 3.63) is 0 Å². The maximum atomic E-state index is 5.71. The molecule has 0 aromatic heterocycles. The van der Waals surface area contributed by atoms with Gasteiger partial charge in [0.25, 0.3) is 0 Å². The topological polar surface area (TPSA) is 29.3 Å². The maximum absolute atomic E-state index is 5.71. The van der Waals surface area contributed by atoms with E-state index in [1.54, 1.807) is 0 Å². The third-order valence-corrected chi connectivity index (χ3v) is 2.16. The fourth-order valence-corrected chi connectivity index (χ4v) is 1.49. The average molecular weight is 165 g/mol. The number of hydrazine groups is 1. The Morgan fingerprint density at radius 1 is 1.40 bits per heavy atom. The summed E-state index contributed by atoms with van der Waals surface area (Å²) >= 11 is 0. The van der Waals surface area contributed by atoms with E-state index in [1.807, 2.05) is 5.01 Å². The van der Waals surface area contributed by atoms with Gasteiger partial charge in [0.15, 0.2) is 0 Å². The molecule has 1 aliphatic carbocycles. The Morgan fingerprint density at radius 3 is 2.30 bits per heavy atom. The SMILES string of the molecule is CCN(N)C1CCCC1.Cl. The normalized spacial score (nSPS) is 19.5. The minimum atomic E-state index is 0. The van der Waals surface area contributed by atoms with Gasteiger partial charge in [-0.05, 0) is 12.8 Å². The summed E-state index contributed by atoms with van der Waals surface area (Å²) in [5, 5.41) is 1.97. The highest BCUT2D eigenvalue weighted by atomic mass is 35.5.